The number of rotatable bonds is 10. The van der Waals surface area contributed by atoms with Gasteiger partial charge in [0.15, 0.2) is 35.1 Å². The van der Waals surface area contributed by atoms with E-state index in [9.17, 15) is 64.2 Å². The molecule has 0 saturated carbocycles. The van der Waals surface area contributed by atoms with Gasteiger partial charge in [-0.1, -0.05) is 12.1 Å². The molecule has 2 aromatic carbocycles. The second-order valence-corrected chi connectivity index (χ2v) is 10.1. The minimum atomic E-state index is -1.79. The van der Waals surface area contributed by atoms with E-state index in [0.29, 0.717) is 0 Å². The SMILES string of the molecule is O=C1CCOC(=O)C(NC(=O)[C@H](CO)NC(=O)c2cccc(O)c2O)COC(=O)C(NC(=O)[C@H](CO)NC(=O)c2cccc(O)c2O)CO1. The van der Waals surface area contributed by atoms with Gasteiger partial charge in [-0.15, -0.1) is 0 Å². The van der Waals surface area contributed by atoms with Crippen LogP contribution >= 0.6 is 0 Å². The number of carbonyl (C=O) groups is 7. The van der Waals surface area contributed by atoms with Crippen molar-refractivity contribution in [2.45, 2.75) is 30.6 Å². The average molecular weight is 693 g/mol. The third-order valence-corrected chi connectivity index (χ3v) is 6.68. The van der Waals surface area contributed by atoms with Crippen LogP contribution in [0.1, 0.15) is 27.1 Å². The lowest BCUT2D eigenvalue weighted by Gasteiger charge is -2.24. The largest absolute Gasteiger partial charge is 0.504 e. The molecule has 264 valence electrons. The van der Waals surface area contributed by atoms with Crippen molar-refractivity contribution in [3.8, 4) is 23.0 Å². The molecule has 0 aromatic heterocycles. The first-order valence-corrected chi connectivity index (χ1v) is 14.2. The van der Waals surface area contributed by atoms with E-state index in [1.54, 1.807) is 0 Å². The predicted octanol–water partition coefficient (Wildman–Crippen LogP) is -3.61. The summed E-state index contributed by atoms with van der Waals surface area (Å²) in [6.45, 7) is -4.38. The highest BCUT2D eigenvalue weighted by atomic mass is 16.6. The minimum Gasteiger partial charge on any atom is -0.504 e. The topological polar surface area (TPSA) is 317 Å². The smallest absolute Gasteiger partial charge is 0.332 e. The Morgan fingerprint density at radius 1 is 0.673 bits per heavy atom. The lowest BCUT2D eigenvalue weighted by molar-refractivity contribution is -0.161. The number of amides is 4. The van der Waals surface area contributed by atoms with Gasteiger partial charge in [0, 0.05) is 0 Å². The number of hydrogen-bond donors (Lipinski definition) is 10. The van der Waals surface area contributed by atoms with Gasteiger partial charge in [0.25, 0.3) is 11.8 Å². The number of phenols is 4. The van der Waals surface area contributed by atoms with Crippen LogP contribution in [-0.2, 0) is 38.2 Å². The molecule has 1 heterocycles. The van der Waals surface area contributed by atoms with Crippen molar-refractivity contribution in [1.29, 1.82) is 0 Å². The average Bonchev–Trinajstić information content (AvgIpc) is 3.07. The molecule has 20 nitrogen and oxygen atoms in total. The fourth-order valence-corrected chi connectivity index (χ4v) is 4.02. The highest BCUT2D eigenvalue weighted by Gasteiger charge is 2.34. The number of aliphatic hydroxyl groups excluding tert-OH is 2. The Bertz CT molecular complexity index is 1510. The molecule has 10 N–H and O–H groups in total. The quantitative estimate of drug-likeness (QED) is 0.0653. The standard InChI is InChI=1S/C29H32N4O16/c34-9-15(30-24(41)13-3-1-5-19(36)22(13)39)26(43)32-17-11-48-21(38)7-8-47-28(45)18(12-49-29(17)46)33-27(44)16(10-35)31-25(42)14-4-2-6-20(37)23(14)40/h1-6,15-18,34-37,39-40H,7-12H2,(H,30,41)(H,31,42)(H,32,43)(H,33,44)/t15-,16-,17?,18?/m0/s1. The second kappa shape index (κ2) is 17.1. The van der Waals surface area contributed by atoms with E-state index >= 15 is 0 Å². The maximum Gasteiger partial charge on any atom is 0.332 e. The summed E-state index contributed by atoms with van der Waals surface area (Å²) in [6.07, 6.45) is -0.534. The van der Waals surface area contributed by atoms with E-state index in [2.05, 4.69) is 21.3 Å². The third kappa shape index (κ3) is 9.92. The molecular formula is C29H32N4O16. The van der Waals surface area contributed by atoms with Crippen molar-refractivity contribution in [2.24, 2.45) is 0 Å². The van der Waals surface area contributed by atoms with Crippen LogP contribution in [0.5, 0.6) is 23.0 Å². The van der Waals surface area contributed by atoms with Gasteiger partial charge < -0.3 is 66.1 Å². The molecule has 1 aliphatic heterocycles. The molecule has 0 aliphatic carbocycles. The molecule has 4 amide bonds. The van der Waals surface area contributed by atoms with Gasteiger partial charge in [-0.2, -0.15) is 0 Å². The first-order valence-electron chi connectivity index (χ1n) is 14.2. The van der Waals surface area contributed by atoms with Crippen LogP contribution < -0.4 is 21.3 Å². The van der Waals surface area contributed by atoms with Gasteiger partial charge in [0.2, 0.25) is 11.8 Å². The van der Waals surface area contributed by atoms with Crippen LogP contribution in [0.15, 0.2) is 36.4 Å². The molecule has 20 heteroatoms. The number of phenolic OH excluding ortho intramolecular Hbond substituents is 4. The zero-order valence-electron chi connectivity index (χ0n) is 25.3. The molecule has 49 heavy (non-hydrogen) atoms. The Balaban J connectivity index is 1.71. The Morgan fingerprint density at radius 3 is 1.55 bits per heavy atom. The summed E-state index contributed by atoms with van der Waals surface area (Å²) in [4.78, 5) is 88.7. The number of nitrogens with one attached hydrogen (secondary N) is 4. The number of aromatic hydroxyl groups is 4. The zero-order valence-corrected chi connectivity index (χ0v) is 25.3. The zero-order chi connectivity index (χ0) is 36.2. The van der Waals surface area contributed by atoms with Gasteiger partial charge in [0.1, 0.15) is 31.9 Å². The molecule has 1 fully saturated rings. The number of ether oxygens (including phenoxy) is 3. The summed E-state index contributed by atoms with van der Waals surface area (Å²) >= 11 is 0. The van der Waals surface area contributed by atoms with E-state index in [4.69, 9.17) is 14.2 Å². The van der Waals surface area contributed by atoms with E-state index in [1.165, 1.54) is 12.1 Å². The van der Waals surface area contributed by atoms with Crippen molar-refractivity contribution in [3.05, 3.63) is 47.5 Å². The van der Waals surface area contributed by atoms with Crippen LogP contribution in [-0.4, -0.2) is 129 Å². The Hall–Kier alpha value is -6.15. The monoisotopic (exact) mass is 692 g/mol. The summed E-state index contributed by atoms with van der Waals surface area (Å²) < 4.78 is 14.9. The van der Waals surface area contributed by atoms with E-state index in [-0.39, 0.29) is 0 Å². The van der Waals surface area contributed by atoms with E-state index in [0.717, 1.165) is 24.3 Å². The number of cyclic esters (lactones) is 3. The van der Waals surface area contributed by atoms with Crippen molar-refractivity contribution < 1.29 is 78.4 Å². The lowest BCUT2D eigenvalue weighted by Crippen LogP contribution is -2.56. The molecule has 1 aliphatic rings. The van der Waals surface area contributed by atoms with E-state index in [1.807, 2.05) is 0 Å². The first kappa shape index (κ1) is 37.3. The number of esters is 3. The number of hydrogen-bond acceptors (Lipinski definition) is 16. The van der Waals surface area contributed by atoms with Gasteiger partial charge in [-0.3, -0.25) is 24.0 Å². The number of para-hydroxylation sites is 2. The Morgan fingerprint density at radius 2 is 1.10 bits per heavy atom. The number of carbonyl (C=O) groups excluding carboxylic acids is 7. The first-order chi connectivity index (χ1) is 23.3. The Kier molecular flexibility index (Phi) is 13.0. The minimum absolute atomic E-state index is 0.453. The molecule has 3 rings (SSSR count). The predicted molar refractivity (Wildman–Crippen MR) is 158 cm³/mol. The normalized spacial score (nSPS) is 18.1. The van der Waals surface area contributed by atoms with Crippen LogP contribution in [0, 0.1) is 0 Å². The van der Waals surface area contributed by atoms with Crippen LogP contribution in [0.25, 0.3) is 0 Å². The summed E-state index contributed by atoms with van der Waals surface area (Å²) in [5.74, 6) is -11.0. The summed E-state index contributed by atoms with van der Waals surface area (Å²) in [5.41, 5.74) is -0.905. The molecule has 1 saturated heterocycles. The molecular weight excluding hydrogens is 660 g/mol. The van der Waals surface area contributed by atoms with Crippen LogP contribution in [0.3, 0.4) is 0 Å². The summed E-state index contributed by atoms with van der Waals surface area (Å²) in [7, 11) is 0. The highest BCUT2D eigenvalue weighted by molar-refractivity contribution is 6.01. The molecule has 0 radical (unpaired) electrons. The second-order valence-electron chi connectivity index (χ2n) is 10.1. The summed E-state index contributed by atoms with van der Waals surface area (Å²) in [5, 5.41) is 66.9. The third-order valence-electron chi connectivity index (χ3n) is 6.68. The van der Waals surface area contributed by atoms with E-state index < -0.39 is 139 Å². The molecule has 2 unspecified atom stereocenters. The highest BCUT2D eigenvalue weighted by Crippen LogP contribution is 2.29. The molecule has 0 bridgehead atoms. The van der Waals surface area contributed by atoms with Gasteiger partial charge >= 0.3 is 17.9 Å². The fraction of sp³-hybridized carbons (Fsp3) is 0.345. The van der Waals surface area contributed by atoms with Gasteiger partial charge in [-0.05, 0) is 24.3 Å². The summed E-state index contributed by atoms with van der Waals surface area (Å²) in [6, 6.07) is -0.226. The van der Waals surface area contributed by atoms with Crippen molar-refractivity contribution in [2.75, 3.05) is 33.0 Å². The van der Waals surface area contributed by atoms with Crippen LogP contribution in [0.2, 0.25) is 0 Å². The van der Waals surface area contributed by atoms with Crippen molar-refractivity contribution >= 4 is 41.5 Å². The van der Waals surface area contributed by atoms with Gasteiger partial charge in [0.05, 0.1) is 30.8 Å². The van der Waals surface area contributed by atoms with Crippen LogP contribution in [0.4, 0.5) is 0 Å². The number of aliphatic hydroxyl groups is 2. The van der Waals surface area contributed by atoms with Crippen molar-refractivity contribution in [3.63, 3.8) is 0 Å². The maximum atomic E-state index is 13.0. The Labute approximate surface area is 275 Å². The lowest BCUT2D eigenvalue weighted by atomic mass is 10.1. The maximum absolute atomic E-state index is 13.0. The fourth-order valence-electron chi connectivity index (χ4n) is 4.02. The molecule has 2 aromatic rings. The number of benzene rings is 2. The molecule has 4 atom stereocenters. The van der Waals surface area contributed by atoms with Gasteiger partial charge in [-0.25, -0.2) is 9.59 Å². The van der Waals surface area contributed by atoms with Crippen molar-refractivity contribution in [1.82, 2.24) is 21.3 Å². The molecule has 0 spiro atoms.